The Bertz CT molecular complexity index is 1110. The molecule has 0 spiro atoms. The van der Waals surface area contributed by atoms with Crippen LogP contribution < -0.4 is 20.1 Å². The largest absolute Gasteiger partial charge is 0.454 e. The number of nitrogens with one attached hydrogen (secondary N) is 2. The van der Waals surface area contributed by atoms with E-state index in [1.165, 1.54) is 0 Å². The molecule has 31 heavy (non-hydrogen) atoms. The first-order valence-electron chi connectivity index (χ1n) is 10.2. The maximum Gasteiger partial charge on any atom is 0.238 e. The summed E-state index contributed by atoms with van der Waals surface area (Å²) < 4.78 is 10.7. The van der Waals surface area contributed by atoms with E-state index < -0.39 is 6.04 Å². The van der Waals surface area contributed by atoms with Gasteiger partial charge in [0.25, 0.3) is 0 Å². The Kier molecular flexibility index (Phi) is 6.04. The van der Waals surface area contributed by atoms with Crippen LogP contribution in [-0.4, -0.2) is 43.1 Å². The van der Waals surface area contributed by atoms with Gasteiger partial charge in [-0.3, -0.25) is 14.5 Å². The van der Waals surface area contributed by atoms with Crippen molar-refractivity contribution in [2.75, 3.05) is 25.7 Å². The van der Waals surface area contributed by atoms with Crippen LogP contribution in [0.15, 0.2) is 60.7 Å². The Balaban J connectivity index is 1.30. The van der Waals surface area contributed by atoms with E-state index in [4.69, 9.17) is 9.47 Å². The summed E-state index contributed by atoms with van der Waals surface area (Å²) in [6, 6.07) is 18.8. The number of carbonyl (C=O) groups is 2. The highest BCUT2D eigenvalue weighted by molar-refractivity contribution is 6.02. The highest BCUT2D eigenvalue weighted by atomic mass is 16.7. The summed E-state index contributed by atoms with van der Waals surface area (Å²) in [5, 5.41) is 7.90. The van der Waals surface area contributed by atoms with Crippen molar-refractivity contribution in [1.29, 1.82) is 0 Å². The fraction of sp³-hybridized carbons (Fsp3) is 0.250. The highest BCUT2D eigenvalue weighted by Gasteiger charge is 2.21. The Morgan fingerprint density at radius 2 is 1.81 bits per heavy atom. The average Bonchev–Trinajstić information content (AvgIpc) is 3.25. The number of amides is 2. The van der Waals surface area contributed by atoms with Crippen molar-refractivity contribution < 1.29 is 19.1 Å². The summed E-state index contributed by atoms with van der Waals surface area (Å²) >= 11 is 0. The SMILES string of the molecule is C[C@H](C(=O)NCc1ccc2c(c1)OCO2)N(C)CC(=O)Nc1cccc2ccccc12. The Morgan fingerprint density at radius 3 is 2.68 bits per heavy atom. The minimum absolute atomic E-state index is 0.0990. The van der Waals surface area contributed by atoms with Crippen molar-refractivity contribution in [3.05, 3.63) is 66.2 Å². The predicted octanol–water partition coefficient (Wildman–Crippen LogP) is 3.14. The average molecular weight is 419 g/mol. The van der Waals surface area contributed by atoms with Gasteiger partial charge in [-0.2, -0.15) is 0 Å². The van der Waals surface area contributed by atoms with Gasteiger partial charge in [-0.1, -0.05) is 42.5 Å². The van der Waals surface area contributed by atoms with Gasteiger partial charge < -0.3 is 20.1 Å². The molecule has 7 nitrogen and oxygen atoms in total. The number of rotatable bonds is 7. The second-order valence-corrected chi connectivity index (χ2v) is 7.57. The predicted molar refractivity (Wildman–Crippen MR) is 119 cm³/mol. The van der Waals surface area contributed by atoms with E-state index in [0.29, 0.717) is 18.0 Å². The lowest BCUT2D eigenvalue weighted by Gasteiger charge is -2.23. The maximum atomic E-state index is 12.6. The van der Waals surface area contributed by atoms with Gasteiger partial charge >= 0.3 is 0 Å². The molecule has 0 bridgehead atoms. The molecule has 3 aromatic carbocycles. The number of benzene rings is 3. The fourth-order valence-electron chi connectivity index (χ4n) is 3.48. The van der Waals surface area contributed by atoms with Gasteiger partial charge in [0.15, 0.2) is 11.5 Å². The van der Waals surface area contributed by atoms with Crippen molar-refractivity contribution >= 4 is 28.3 Å². The molecule has 0 saturated heterocycles. The van der Waals surface area contributed by atoms with Gasteiger partial charge in [0.1, 0.15) is 0 Å². The molecule has 160 valence electrons. The van der Waals surface area contributed by atoms with Gasteiger partial charge in [-0.15, -0.1) is 0 Å². The van der Waals surface area contributed by atoms with Crippen molar-refractivity contribution in [2.24, 2.45) is 0 Å². The number of carbonyl (C=O) groups excluding carboxylic acids is 2. The smallest absolute Gasteiger partial charge is 0.238 e. The van der Waals surface area contributed by atoms with E-state index >= 15 is 0 Å². The summed E-state index contributed by atoms with van der Waals surface area (Å²) in [5.74, 6) is 1.06. The molecule has 4 rings (SSSR count). The quantitative estimate of drug-likeness (QED) is 0.615. The molecule has 0 aliphatic carbocycles. The van der Waals surface area contributed by atoms with Crippen molar-refractivity contribution in [1.82, 2.24) is 10.2 Å². The molecule has 3 aromatic rings. The lowest BCUT2D eigenvalue weighted by Crippen LogP contribution is -2.45. The van der Waals surface area contributed by atoms with Gasteiger partial charge in [0.2, 0.25) is 18.6 Å². The number of fused-ring (bicyclic) bond motifs is 2. The van der Waals surface area contributed by atoms with Crippen molar-refractivity contribution in [3.63, 3.8) is 0 Å². The topological polar surface area (TPSA) is 79.9 Å². The van der Waals surface area contributed by atoms with Crippen LogP contribution >= 0.6 is 0 Å². The zero-order valence-electron chi connectivity index (χ0n) is 17.6. The molecule has 0 fully saturated rings. The summed E-state index contributed by atoms with van der Waals surface area (Å²) in [7, 11) is 1.76. The molecule has 1 atom stereocenters. The van der Waals surface area contributed by atoms with Crippen LogP contribution in [0.5, 0.6) is 11.5 Å². The number of nitrogens with zero attached hydrogens (tertiary/aromatic N) is 1. The molecule has 0 unspecified atom stereocenters. The Labute approximate surface area is 180 Å². The molecule has 0 radical (unpaired) electrons. The minimum Gasteiger partial charge on any atom is -0.454 e. The van der Waals surface area contributed by atoms with Crippen molar-refractivity contribution in [3.8, 4) is 11.5 Å². The lowest BCUT2D eigenvalue weighted by molar-refractivity contribution is -0.126. The number of hydrogen-bond acceptors (Lipinski definition) is 5. The molecule has 2 N–H and O–H groups in total. The molecule has 2 amide bonds. The second kappa shape index (κ2) is 9.06. The van der Waals surface area contributed by atoms with Gasteiger partial charge in [-0.25, -0.2) is 0 Å². The lowest BCUT2D eigenvalue weighted by atomic mass is 10.1. The van der Waals surface area contributed by atoms with E-state index in [0.717, 1.165) is 22.0 Å². The van der Waals surface area contributed by atoms with Crippen LogP contribution in [0, 0.1) is 0 Å². The van der Waals surface area contributed by atoms with E-state index in [2.05, 4.69) is 10.6 Å². The zero-order valence-corrected chi connectivity index (χ0v) is 17.6. The summed E-state index contributed by atoms with van der Waals surface area (Å²) in [4.78, 5) is 26.9. The third kappa shape index (κ3) is 4.78. The summed E-state index contributed by atoms with van der Waals surface area (Å²) in [6.45, 7) is 2.46. The third-order valence-corrected chi connectivity index (χ3v) is 5.40. The highest BCUT2D eigenvalue weighted by Crippen LogP contribution is 2.32. The molecule has 1 heterocycles. The van der Waals surface area contributed by atoms with E-state index in [1.807, 2.05) is 60.7 Å². The second-order valence-electron chi connectivity index (χ2n) is 7.57. The van der Waals surface area contributed by atoms with Crippen LogP contribution in [0.1, 0.15) is 12.5 Å². The first kappa shape index (κ1) is 20.7. The van der Waals surface area contributed by atoms with E-state index in [9.17, 15) is 9.59 Å². The van der Waals surface area contributed by atoms with Crippen LogP contribution in [-0.2, 0) is 16.1 Å². The summed E-state index contributed by atoms with van der Waals surface area (Å²) in [6.07, 6.45) is 0. The minimum atomic E-state index is -0.465. The molecule has 1 aliphatic heterocycles. The third-order valence-electron chi connectivity index (χ3n) is 5.40. The Hall–Kier alpha value is -3.58. The molecular formula is C24H25N3O4. The van der Waals surface area contributed by atoms with Crippen LogP contribution in [0.2, 0.25) is 0 Å². The normalized spacial score (nSPS) is 13.3. The van der Waals surface area contributed by atoms with Crippen LogP contribution in [0.25, 0.3) is 10.8 Å². The zero-order chi connectivity index (χ0) is 21.8. The van der Waals surface area contributed by atoms with Gasteiger partial charge in [0.05, 0.1) is 12.6 Å². The maximum absolute atomic E-state index is 12.6. The van der Waals surface area contributed by atoms with Crippen LogP contribution in [0.4, 0.5) is 5.69 Å². The number of likely N-dealkylation sites (N-methyl/N-ethyl adjacent to an activating group) is 1. The molecule has 0 saturated carbocycles. The molecule has 7 heteroatoms. The Morgan fingerprint density at radius 1 is 1.03 bits per heavy atom. The van der Waals surface area contributed by atoms with Crippen molar-refractivity contribution in [2.45, 2.75) is 19.5 Å². The summed E-state index contributed by atoms with van der Waals surface area (Å²) in [5.41, 5.74) is 1.68. The molecule has 1 aliphatic rings. The monoisotopic (exact) mass is 419 g/mol. The first-order chi connectivity index (χ1) is 15.0. The van der Waals surface area contributed by atoms with Gasteiger partial charge in [0, 0.05) is 17.6 Å². The number of ether oxygens (including phenoxy) is 2. The van der Waals surface area contributed by atoms with E-state index in [1.54, 1.807) is 18.9 Å². The standard InChI is InChI=1S/C24H25N3O4/c1-16(24(29)25-13-17-10-11-21-22(12-17)31-15-30-21)27(2)14-23(28)26-20-9-5-7-18-6-3-4-8-19(18)20/h3-12,16H,13-15H2,1-2H3,(H,25,29)(H,26,28)/t16-/m1/s1. The van der Waals surface area contributed by atoms with E-state index in [-0.39, 0.29) is 25.2 Å². The van der Waals surface area contributed by atoms with Gasteiger partial charge in [-0.05, 0) is 43.1 Å². The number of hydrogen-bond donors (Lipinski definition) is 2. The fourth-order valence-corrected chi connectivity index (χ4v) is 3.48. The molecular weight excluding hydrogens is 394 g/mol. The van der Waals surface area contributed by atoms with Crippen LogP contribution in [0.3, 0.4) is 0 Å². The molecule has 0 aromatic heterocycles. The number of anilines is 1. The first-order valence-corrected chi connectivity index (χ1v) is 10.2.